The van der Waals surface area contributed by atoms with Crippen molar-refractivity contribution < 1.29 is 0 Å². The van der Waals surface area contributed by atoms with Crippen molar-refractivity contribution >= 4 is 19.6 Å². The van der Waals surface area contributed by atoms with Crippen LogP contribution in [0.25, 0.3) is 0 Å². The van der Waals surface area contributed by atoms with Crippen molar-refractivity contribution in [3.8, 4) is 0 Å². The molecular weight excluding hydrogens is 177 g/mol. The third kappa shape index (κ3) is 2.83. The standard InChI is InChI=1S/C7H13NSe/c1-5-6(2)7(8-3)9-4/h5H,1-4H3/b6-5-,8-7?. The zero-order valence-corrected chi connectivity index (χ0v) is 8.15. The third-order valence-electron chi connectivity index (χ3n) is 1.17. The molecule has 0 N–H and O–H groups in total. The molecule has 0 spiro atoms. The average molecular weight is 190 g/mol. The van der Waals surface area contributed by atoms with Gasteiger partial charge in [0, 0.05) is 0 Å². The van der Waals surface area contributed by atoms with E-state index >= 15 is 0 Å². The number of hydrogen-bond donors (Lipinski definition) is 0. The Morgan fingerprint density at radius 1 is 1.56 bits per heavy atom. The molecule has 0 rings (SSSR count). The summed E-state index contributed by atoms with van der Waals surface area (Å²) < 4.78 is 1.27. The van der Waals surface area contributed by atoms with E-state index in [0.29, 0.717) is 15.0 Å². The molecule has 0 saturated carbocycles. The van der Waals surface area contributed by atoms with E-state index in [2.05, 4.69) is 23.8 Å². The van der Waals surface area contributed by atoms with Crippen molar-refractivity contribution in [3.05, 3.63) is 11.6 Å². The Bertz CT molecular complexity index is 136. The normalized spacial score (nSPS) is 14.2. The maximum absolute atomic E-state index is 4.15. The topological polar surface area (TPSA) is 12.4 Å². The van der Waals surface area contributed by atoms with Gasteiger partial charge in [-0.15, -0.1) is 0 Å². The Morgan fingerprint density at radius 3 is 2.22 bits per heavy atom. The van der Waals surface area contributed by atoms with Gasteiger partial charge in [-0.05, 0) is 0 Å². The van der Waals surface area contributed by atoms with Crippen molar-refractivity contribution in [2.24, 2.45) is 4.99 Å². The zero-order chi connectivity index (χ0) is 7.28. The molecule has 9 heavy (non-hydrogen) atoms. The Balaban J connectivity index is 4.14. The summed E-state index contributed by atoms with van der Waals surface area (Å²) in [5, 5.41) is 0. The Morgan fingerprint density at radius 2 is 2.11 bits per heavy atom. The fraction of sp³-hybridized carbons (Fsp3) is 0.571. The summed E-state index contributed by atoms with van der Waals surface area (Å²) in [6.07, 6.45) is 2.10. The van der Waals surface area contributed by atoms with Crippen molar-refractivity contribution in [3.63, 3.8) is 0 Å². The van der Waals surface area contributed by atoms with Crippen LogP contribution in [0.1, 0.15) is 13.8 Å². The van der Waals surface area contributed by atoms with E-state index in [9.17, 15) is 0 Å². The van der Waals surface area contributed by atoms with Crippen LogP contribution in [0.4, 0.5) is 0 Å². The molecule has 2 heteroatoms. The molecule has 0 heterocycles. The van der Waals surface area contributed by atoms with Gasteiger partial charge in [0.25, 0.3) is 0 Å². The third-order valence-corrected chi connectivity index (χ3v) is 3.04. The van der Waals surface area contributed by atoms with Crippen LogP contribution in [0.5, 0.6) is 0 Å². The average Bonchev–Trinajstić information content (AvgIpc) is 1.90. The summed E-state index contributed by atoms with van der Waals surface area (Å²) in [4.78, 5) is 4.15. The number of nitrogens with zero attached hydrogens (tertiary/aromatic N) is 1. The number of hydrogen-bond acceptors (Lipinski definition) is 1. The molecule has 0 saturated heterocycles. The van der Waals surface area contributed by atoms with Gasteiger partial charge in [0.15, 0.2) is 0 Å². The second-order valence-corrected chi connectivity index (χ2v) is 3.37. The quantitative estimate of drug-likeness (QED) is 0.464. The van der Waals surface area contributed by atoms with E-state index in [1.807, 2.05) is 14.0 Å². The van der Waals surface area contributed by atoms with E-state index in [4.69, 9.17) is 0 Å². The number of aliphatic imine (C=N–C) groups is 1. The molecule has 0 aliphatic carbocycles. The van der Waals surface area contributed by atoms with Gasteiger partial charge in [0.05, 0.1) is 0 Å². The molecule has 52 valence electrons. The molecule has 0 atom stereocenters. The van der Waals surface area contributed by atoms with Crippen LogP contribution < -0.4 is 0 Å². The van der Waals surface area contributed by atoms with Gasteiger partial charge in [-0.2, -0.15) is 0 Å². The van der Waals surface area contributed by atoms with Crippen LogP contribution >= 0.6 is 0 Å². The van der Waals surface area contributed by atoms with Crippen molar-refractivity contribution in [1.29, 1.82) is 0 Å². The summed E-state index contributed by atoms with van der Waals surface area (Å²) in [5.74, 6) is 2.18. The van der Waals surface area contributed by atoms with E-state index < -0.39 is 0 Å². The fourth-order valence-corrected chi connectivity index (χ4v) is 1.86. The summed E-state index contributed by atoms with van der Waals surface area (Å²) in [5.41, 5.74) is 1.32. The van der Waals surface area contributed by atoms with Crippen LogP contribution in [0.3, 0.4) is 0 Å². The Hall–Kier alpha value is -0.0705. The fourth-order valence-electron chi connectivity index (χ4n) is 0.552. The van der Waals surface area contributed by atoms with Crippen LogP contribution in [-0.4, -0.2) is 26.6 Å². The molecular formula is C7H13NSe. The molecule has 0 amide bonds. The van der Waals surface area contributed by atoms with Crippen molar-refractivity contribution in [2.45, 2.75) is 19.7 Å². The number of allylic oxidation sites excluding steroid dienone is 2. The van der Waals surface area contributed by atoms with Crippen LogP contribution in [0, 0.1) is 0 Å². The molecule has 0 fully saturated rings. The Kier molecular flexibility index (Phi) is 4.74. The van der Waals surface area contributed by atoms with Gasteiger partial charge in [0.2, 0.25) is 0 Å². The number of rotatable bonds is 2. The van der Waals surface area contributed by atoms with Crippen LogP contribution in [-0.2, 0) is 0 Å². The van der Waals surface area contributed by atoms with E-state index in [-0.39, 0.29) is 0 Å². The minimum absolute atomic E-state index is 0.547. The molecule has 0 aliphatic rings. The van der Waals surface area contributed by atoms with E-state index in [0.717, 1.165) is 0 Å². The van der Waals surface area contributed by atoms with Crippen molar-refractivity contribution in [2.75, 3.05) is 7.05 Å². The predicted molar refractivity (Wildman–Crippen MR) is 44.4 cm³/mol. The summed E-state index contributed by atoms with van der Waals surface area (Å²) in [7, 11) is 1.85. The molecule has 0 aromatic heterocycles. The Labute approximate surface area is 63.4 Å². The molecule has 0 aromatic rings. The molecule has 0 aliphatic heterocycles. The molecule has 1 nitrogen and oxygen atoms in total. The maximum atomic E-state index is 4.15. The van der Waals surface area contributed by atoms with Gasteiger partial charge in [-0.25, -0.2) is 0 Å². The zero-order valence-electron chi connectivity index (χ0n) is 6.43. The minimum atomic E-state index is 0.547. The summed E-state index contributed by atoms with van der Waals surface area (Å²) >= 11 is 0.547. The second-order valence-electron chi connectivity index (χ2n) is 1.70. The monoisotopic (exact) mass is 191 g/mol. The molecule has 0 radical (unpaired) electrons. The van der Waals surface area contributed by atoms with Gasteiger partial charge >= 0.3 is 62.9 Å². The van der Waals surface area contributed by atoms with E-state index in [1.54, 1.807) is 0 Å². The van der Waals surface area contributed by atoms with Gasteiger partial charge < -0.3 is 0 Å². The first-order chi connectivity index (χ1) is 4.26. The first kappa shape index (κ1) is 8.93. The van der Waals surface area contributed by atoms with Crippen LogP contribution in [0.15, 0.2) is 16.6 Å². The van der Waals surface area contributed by atoms with Gasteiger partial charge in [-0.3, -0.25) is 0 Å². The second kappa shape index (κ2) is 4.78. The molecule has 0 aromatic carbocycles. The first-order valence-electron chi connectivity index (χ1n) is 2.90. The van der Waals surface area contributed by atoms with Gasteiger partial charge in [0.1, 0.15) is 0 Å². The van der Waals surface area contributed by atoms with Crippen LogP contribution in [0.2, 0.25) is 5.82 Å². The summed E-state index contributed by atoms with van der Waals surface area (Å²) in [6, 6.07) is 0. The first-order valence-corrected chi connectivity index (χ1v) is 5.47. The molecule has 0 bridgehead atoms. The van der Waals surface area contributed by atoms with Crippen molar-refractivity contribution in [1.82, 2.24) is 0 Å². The summed E-state index contributed by atoms with van der Waals surface area (Å²) in [6.45, 7) is 4.15. The predicted octanol–water partition coefficient (Wildman–Crippen LogP) is 1.73. The molecule has 0 unspecified atom stereocenters. The van der Waals surface area contributed by atoms with E-state index in [1.165, 1.54) is 10.2 Å². The SMILES string of the molecule is C/C=C(/C)C(=NC)[Se]C. The van der Waals surface area contributed by atoms with Gasteiger partial charge in [-0.1, -0.05) is 0 Å².